The number of ether oxygens (including phenoxy) is 2. The van der Waals surface area contributed by atoms with Gasteiger partial charge in [0.2, 0.25) is 0 Å². The third-order valence-corrected chi connectivity index (χ3v) is 6.45. The van der Waals surface area contributed by atoms with Gasteiger partial charge in [0.05, 0.1) is 23.7 Å². The summed E-state index contributed by atoms with van der Waals surface area (Å²) in [7, 11) is 1.27. The number of halogens is 2. The first-order chi connectivity index (χ1) is 16.1. The molecule has 4 rings (SSSR count). The van der Waals surface area contributed by atoms with Crippen LogP contribution in [-0.2, 0) is 14.3 Å². The second-order valence-electron chi connectivity index (χ2n) is 8.85. The third-order valence-electron chi connectivity index (χ3n) is 5.29. The molecular formula is C23H24ClFN4O4S. The molecule has 1 N–H and O–H groups in total. The van der Waals surface area contributed by atoms with Gasteiger partial charge in [-0.25, -0.2) is 19.0 Å². The number of nitrogens with zero attached hydrogens (tertiary/aromatic N) is 3. The summed E-state index contributed by atoms with van der Waals surface area (Å²) in [5.41, 5.74) is 0.535. The largest absolute Gasteiger partial charge is 0.466 e. The van der Waals surface area contributed by atoms with E-state index in [-0.39, 0.29) is 16.6 Å². The quantitative estimate of drug-likeness (QED) is 0.615. The molecule has 34 heavy (non-hydrogen) atoms. The zero-order valence-electron chi connectivity index (χ0n) is 19.1. The number of thiazole rings is 1. The second kappa shape index (κ2) is 9.34. The van der Waals surface area contributed by atoms with Crippen LogP contribution in [0.2, 0.25) is 5.02 Å². The number of hydrogen-bond donors (Lipinski definition) is 1. The molecule has 2 aliphatic heterocycles. The Morgan fingerprint density at radius 1 is 1.32 bits per heavy atom. The molecule has 1 saturated heterocycles. The number of carbonyl (C=O) groups is 2. The first-order valence-corrected chi connectivity index (χ1v) is 11.8. The number of benzene rings is 1. The van der Waals surface area contributed by atoms with Gasteiger partial charge in [-0.2, -0.15) is 0 Å². The number of rotatable bonds is 4. The standard InChI is InChI=1S/C23H24ClFN4O4S/c1-23(2,3)33-22(31)27-12-10-15-16(21(30)32-4)18(13-6-5-7-14(25)17(13)24)28-19(29(15)11-12)20-26-8-9-34-20/h5-9,12,18H,10-11H2,1-4H3,(H,27,31)/t12-,18-/m0/s1. The molecule has 0 unspecified atom stereocenters. The fourth-order valence-electron chi connectivity index (χ4n) is 3.99. The van der Waals surface area contributed by atoms with Gasteiger partial charge in [0, 0.05) is 35.8 Å². The van der Waals surface area contributed by atoms with Gasteiger partial charge in [-0.05, 0) is 26.8 Å². The van der Waals surface area contributed by atoms with E-state index in [0.717, 1.165) is 0 Å². The predicted octanol–water partition coefficient (Wildman–Crippen LogP) is 4.46. The molecule has 0 bridgehead atoms. The van der Waals surface area contributed by atoms with E-state index >= 15 is 0 Å². The number of alkyl carbamates (subject to hydrolysis) is 1. The number of aromatic nitrogens is 1. The average Bonchev–Trinajstić information content (AvgIpc) is 3.42. The molecule has 180 valence electrons. The summed E-state index contributed by atoms with van der Waals surface area (Å²) in [4.78, 5) is 36.4. The van der Waals surface area contributed by atoms with E-state index in [1.165, 1.54) is 30.6 Å². The lowest BCUT2D eigenvalue weighted by Crippen LogP contribution is -2.41. The number of hydrogen-bond acceptors (Lipinski definition) is 8. The summed E-state index contributed by atoms with van der Waals surface area (Å²) < 4.78 is 24.8. The van der Waals surface area contributed by atoms with Crippen molar-refractivity contribution >= 4 is 40.8 Å². The van der Waals surface area contributed by atoms with Gasteiger partial charge in [-0.1, -0.05) is 23.7 Å². The SMILES string of the molecule is COC(=O)C1=C2C[C@H](NC(=O)OC(C)(C)C)CN2C(c2nccs2)=N[C@H]1c1cccc(F)c1Cl. The maximum absolute atomic E-state index is 14.3. The molecule has 0 spiro atoms. The molecule has 0 radical (unpaired) electrons. The summed E-state index contributed by atoms with van der Waals surface area (Å²) in [6.07, 6.45) is 1.41. The molecule has 0 aliphatic carbocycles. The van der Waals surface area contributed by atoms with Gasteiger partial charge in [0.25, 0.3) is 0 Å². The molecule has 2 atom stereocenters. The van der Waals surface area contributed by atoms with E-state index in [2.05, 4.69) is 10.3 Å². The van der Waals surface area contributed by atoms with Crippen molar-refractivity contribution in [1.82, 2.24) is 15.2 Å². The highest BCUT2D eigenvalue weighted by Gasteiger charge is 2.43. The van der Waals surface area contributed by atoms with Crippen LogP contribution in [-0.4, -0.2) is 53.1 Å². The van der Waals surface area contributed by atoms with Crippen molar-refractivity contribution in [2.45, 2.75) is 44.9 Å². The van der Waals surface area contributed by atoms with Gasteiger partial charge in [-0.15, -0.1) is 11.3 Å². The Bertz CT molecular complexity index is 1180. The van der Waals surface area contributed by atoms with E-state index in [4.69, 9.17) is 26.1 Å². The van der Waals surface area contributed by atoms with Crippen molar-refractivity contribution in [2.75, 3.05) is 13.7 Å². The van der Waals surface area contributed by atoms with Crippen molar-refractivity contribution < 1.29 is 23.5 Å². The number of amidine groups is 1. The molecule has 1 aromatic heterocycles. The highest BCUT2D eigenvalue weighted by atomic mass is 35.5. The van der Waals surface area contributed by atoms with Gasteiger partial charge in [-0.3, -0.25) is 4.99 Å². The fraction of sp³-hybridized carbons (Fsp3) is 0.391. The van der Waals surface area contributed by atoms with Crippen LogP contribution >= 0.6 is 22.9 Å². The predicted molar refractivity (Wildman–Crippen MR) is 126 cm³/mol. The number of aliphatic imine (C=N–C) groups is 1. The van der Waals surface area contributed by atoms with Crippen LogP contribution < -0.4 is 5.32 Å². The minimum absolute atomic E-state index is 0.119. The third kappa shape index (κ3) is 4.78. The lowest BCUT2D eigenvalue weighted by atomic mass is 9.94. The zero-order chi connectivity index (χ0) is 24.6. The summed E-state index contributed by atoms with van der Waals surface area (Å²) in [6, 6.07) is 3.12. The summed E-state index contributed by atoms with van der Waals surface area (Å²) in [5, 5.41) is 5.18. The van der Waals surface area contributed by atoms with Crippen LogP contribution in [0.3, 0.4) is 0 Å². The van der Waals surface area contributed by atoms with Crippen LogP contribution in [0.5, 0.6) is 0 Å². The highest BCUT2D eigenvalue weighted by molar-refractivity contribution is 7.11. The Kier molecular flexibility index (Phi) is 6.64. The molecule has 2 aromatic rings. The topological polar surface area (TPSA) is 93.1 Å². The molecule has 8 nitrogen and oxygen atoms in total. The number of amides is 1. The number of fused-ring (bicyclic) bond motifs is 1. The number of carbonyl (C=O) groups excluding carboxylic acids is 2. The van der Waals surface area contributed by atoms with E-state index < -0.39 is 29.5 Å². The Morgan fingerprint density at radius 2 is 2.09 bits per heavy atom. The molecule has 1 aromatic carbocycles. The maximum Gasteiger partial charge on any atom is 0.407 e. The molecule has 1 amide bonds. The number of methoxy groups -OCH3 is 1. The van der Waals surface area contributed by atoms with Crippen LogP contribution in [0.4, 0.5) is 9.18 Å². The maximum atomic E-state index is 14.3. The molecule has 3 heterocycles. The van der Waals surface area contributed by atoms with Gasteiger partial charge in [0.15, 0.2) is 10.8 Å². The van der Waals surface area contributed by atoms with Crippen molar-refractivity contribution in [1.29, 1.82) is 0 Å². The highest BCUT2D eigenvalue weighted by Crippen LogP contribution is 2.42. The minimum Gasteiger partial charge on any atom is -0.466 e. The van der Waals surface area contributed by atoms with Gasteiger partial charge >= 0.3 is 12.1 Å². The number of esters is 1. The summed E-state index contributed by atoms with van der Waals surface area (Å²) >= 11 is 7.68. The van der Waals surface area contributed by atoms with Crippen molar-refractivity contribution in [3.05, 3.63) is 62.5 Å². The van der Waals surface area contributed by atoms with Gasteiger partial charge in [0.1, 0.15) is 17.5 Å². The molecule has 1 fully saturated rings. The van der Waals surface area contributed by atoms with Crippen LogP contribution in [0.25, 0.3) is 0 Å². The molecule has 11 heteroatoms. The van der Waals surface area contributed by atoms with E-state index in [1.54, 1.807) is 33.0 Å². The van der Waals surface area contributed by atoms with E-state index in [9.17, 15) is 14.0 Å². The first kappa shape index (κ1) is 24.2. The average molecular weight is 507 g/mol. The Hall–Kier alpha value is -2.98. The van der Waals surface area contributed by atoms with Crippen molar-refractivity contribution in [2.24, 2.45) is 4.99 Å². The fourth-order valence-corrected chi connectivity index (χ4v) is 4.86. The van der Waals surface area contributed by atoms with Gasteiger partial charge < -0.3 is 19.7 Å². The van der Waals surface area contributed by atoms with Crippen LogP contribution in [0.1, 0.15) is 43.8 Å². The second-order valence-corrected chi connectivity index (χ2v) is 10.1. The summed E-state index contributed by atoms with van der Waals surface area (Å²) in [5.74, 6) is -0.709. The summed E-state index contributed by atoms with van der Waals surface area (Å²) in [6.45, 7) is 5.69. The van der Waals surface area contributed by atoms with E-state index in [1.807, 2.05) is 10.3 Å². The molecular weight excluding hydrogens is 483 g/mol. The van der Waals surface area contributed by atoms with Crippen LogP contribution in [0, 0.1) is 5.82 Å². The van der Waals surface area contributed by atoms with Crippen molar-refractivity contribution in [3.8, 4) is 0 Å². The number of nitrogens with one attached hydrogen (secondary N) is 1. The van der Waals surface area contributed by atoms with Crippen LogP contribution in [0.15, 0.2) is 46.0 Å². The van der Waals surface area contributed by atoms with E-state index in [0.29, 0.717) is 35.1 Å². The zero-order valence-corrected chi connectivity index (χ0v) is 20.7. The lowest BCUT2D eigenvalue weighted by molar-refractivity contribution is -0.136. The smallest absolute Gasteiger partial charge is 0.407 e. The Morgan fingerprint density at radius 3 is 2.74 bits per heavy atom. The van der Waals surface area contributed by atoms with Crippen molar-refractivity contribution in [3.63, 3.8) is 0 Å². The Balaban J connectivity index is 1.79. The molecule has 0 saturated carbocycles. The monoisotopic (exact) mass is 506 g/mol. The molecule has 2 aliphatic rings. The normalized spacial score (nSPS) is 20.1. The minimum atomic E-state index is -0.902. The lowest BCUT2D eigenvalue weighted by Gasteiger charge is -2.31. The first-order valence-electron chi connectivity index (χ1n) is 10.6. The Labute approximate surface area is 205 Å².